The van der Waals surface area contributed by atoms with Gasteiger partial charge in [0, 0.05) is 36.1 Å². The molecule has 1 aliphatic heterocycles. The smallest absolute Gasteiger partial charge is 0.253 e. The Morgan fingerprint density at radius 1 is 1.03 bits per heavy atom. The summed E-state index contributed by atoms with van der Waals surface area (Å²) in [6.45, 7) is 1.69. The number of hydrogen-bond donors (Lipinski definition) is 1. The molecular formula is C22H24Cl2N2O3. The second-order valence-electron chi connectivity index (χ2n) is 7.02. The predicted molar refractivity (Wildman–Crippen MR) is 115 cm³/mol. The minimum atomic E-state index is 0.00293. The van der Waals surface area contributed by atoms with E-state index in [9.17, 15) is 9.59 Å². The molecule has 0 unspecified atom stereocenters. The quantitative estimate of drug-likeness (QED) is 0.648. The van der Waals surface area contributed by atoms with Gasteiger partial charge in [-0.3, -0.25) is 9.59 Å². The Morgan fingerprint density at radius 3 is 2.41 bits per heavy atom. The highest BCUT2D eigenvalue weighted by Crippen LogP contribution is 2.23. The number of likely N-dealkylation sites (tertiary alicyclic amines) is 1. The van der Waals surface area contributed by atoms with Crippen LogP contribution in [-0.4, -0.2) is 42.5 Å². The maximum atomic E-state index is 12.5. The molecule has 0 saturated carbocycles. The van der Waals surface area contributed by atoms with Gasteiger partial charge in [0.15, 0.2) is 0 Å². The van der Waals surface area contributed by atoms with Crippen molar-refractivity contribution in [3.63, 3.8) is 0 Å². The molecule has 29 heavy (non-hydrogen) atoms. The van der Waals surface area contributed by atoms with Crippen molar-refractivity contribution in [1.29, 1.82) is 0 Å². The number of benzene rings is 2. The van der Waals surface area contributed by atoms with E-state index in [0.29, 0.717) is 53.9 Å². The van der Waals surface area contributed by atoms with E-state index >= 15 is 0 Å². The number of hydrogen-bond acceptors (Lipinski definition) is 3. The first-order chi connectivity index (χ1) is 14.0. The van der Waals surface area contributed by atoms with Gasteiger partial charge in [0.1, 0.15) is 5.75 Å². The predicted octanol–water partition coefficient (Wildman–Crippen LogP) is 4.57. The summed E-state index contributed by atoms with van der Waals surface area (Å²) in [5, 5.41) is 4.24. The Balaban J connectivity index is 1.34. The van der Waals surface area contributed by atoms with Gasteiger partial charge in [0.25, 0.3) is 5.91 Å². The van der Waals surface area contributed by atoms with E-state index < -0.39 is 0 Å². The lowest BCUT2D eigenvalue weighted by atomic mass is 10.0. The average molecular weight is 435 g/mol. The largest absolute Gasteiger partial charge is 0.492 e. The number of nitrogens with zero attached hydrogens (tertiary/aromatic N) is 1. The molecular weight excluding hydrogens is 411 g/mol. The number of nitrogens with one attached hydrogen (secondary N) is 1. The standard InChI is InChI=1S/C22H24Cl2N2O3/c23-17-9-7-16(8-10-17)22(28)26-13-11-18(12-14-26)25-21(27)6-3-15-29-20-5-2-1-4-19(20)24/h1-2,4-5,7-10,18H,3,6,11-15H2,(H,25,27). The highest BCUT2D eigenvalue weighted by atomic mass is 35.5. The van der Waals surface area contributed by atoms with Crippen molar-refractivity contribution < 1.29 is 14.3 Å². The summed E-state index contributed by atoms with van der Waals surface area (Å²) >= 11 is 11.9. The van der Waals surface area contributed by atoms with Crippen LogP contribution in [0.25, 0.3) is 0 Å². The molecule has 5 nitrogen and oxygen atoms in total. The fourth-order valence-electron chi connectivity index (χ4n) is 3.28. The van der Waals surface area contributed by atoms with Crippen LogP contribution in [0.5, 0.6) is 5.75 Å². The van der Waals surface area contributed by atoms with Crippen LogP contribution in [0.4, 0.5) is 0 Å². The van der Waals surface area contributed by atoms with Crippen molar-refractivity contribution in [2.45, 2.75) is 31.7 Å². The van der Waals surface area contributed by atoms with Gasteiger partial charge in [-0.2, -0.15) is 0 Å². The number of piperidine rings is 1. The van der Waals surface area contributed by atoms with E-state index in [-0.39, 0.29) is 17.9 Å². The molecule has 1 aliphatic rings. The molecule has 0 atom stereocenters. The molecule has 1 heterocycles. The van der Waals surface area contributed by atoms with Crippen molar-refractivity contribution >= 4 is 35.0 Å². The van der Waals surface area contributed by atoms with Crippen molar-refractivity contribution in [1.82, 2.24) is 10.2 Å². The van der Waals surface area contributed by atoms with E-state index in [1.54, 1.807) is 30.3 Å². The molecule has 3 rings (SSSR count). The van der Waals surface area contributed by atoms with Gasteiger partial charge in [-0.1, -0.05) is 35.3 Å². The third-order valence-corrected chi connectivity index (χ3v) is 5.45. The molecule has 154 valence electrons. The third-order valence-electron chi connectivity index (χ3n) is 4.88. The fraction of sp³-hybridized carbons (Fsp3) is 0.364. The van der Waals surface area contributed by atoms with E-state index in [1.807, 2.05) is 23.1 Å². The van der Waals surface area contributed by atoms with Gasteiger partial charge in [-0.15, -0.1) is 0 Å². The Labute approximate surface area is 180 Å². The van der Waals surface area contributed by atoms with Crippen LogP contribution in [-0.2, 0) is 4.79 Å². The summed E-state index contributed by atoms with van der Waals surface area (Å²) in [5.74, 6) is 0.644. The van der Waals surface area contributed by atoms with Crippen molar-refractivity contribution in [2.24, 2.45) is 0 Å². The first-order valence-electron chi connectivity index (χ1n) is 9.74. The molecule has 0 radical (unpaired) electrons. The van der Waals surface area contributed by atoms with Gasteiger partial charge in [0.05, 0.1) is 11.6 Å². The zero-order valence-corrected chi connectivity index (χ0v) is 17.6. The molecule has 1 saturated heterocycles. The number of para-hydroxylation sites is 1. The van der Waals surface area contributed by atoms with Gasteiger partial charge in [0.2, 0.25) is 5.91 Å². The molecule has 0 aliphatic carbocycles. The lowest BCUT2D eigenvalue weighted by Crippen LogP contribution is -2.46. The van der Waals surface area contributed by atoms with Crippen LogP contribution >= 0.6 is 23.2 Å². The van der Waals surface area contributed by atoms with Crippen molar-refractivity contribution in [2.75, 3.05) is 19.7 Å². The van der Waals surface area contributed by atoms with Crippen LogP contribution in [0, 0.1) is 0 Å². The van der Waals surface area contributed by atoms with Crippen LogP contribution in [0.15, 0.2) is 48.5 Å². The van der Waals surface area contributed by atoms with Crippen LogP contribution in [0.2, 0.25) is 10.0 Å². The number of ether oxygens (including phenoxy) is 1. The first kappa shape index (κ1) is 21.5. The summed E-state index contributed by atoms with van der Waals surface area (Å²) in [4.78, 5) is 26.5. The Kier molecular flexibility index (Phi) is 7.78. The molecule has 2 aromatic rings. The molecule has 0 aromatic heterocycles. The van der Waals surface area contributed by atoms with Gasteiger partial charge < -0.3 is 15.0 Å². The molecule has 2 amide bonds. The van der Waals surface area contributed by atoms with E-state index in [0.717, 1.165) is 12.8 Å². The lowest BCUT2D eigenvalue weighted by molar-refractivity contribution is -0.122. The highest BCUT2D eigenvalue weighted by molar-refractivity contribution is 6.32. The number of carbonyl (C=O) groups excluding carboxylic acids is 2. The number of halogens is 2. The van der Waals surface area contributed by atoms with Crippen LogP contribution < -0.4 is 10.1 Å². The zero-order valence-electron chi connectivity index (χ0n) is 16.1. The monoisotopic (exact) mass is 434 g/mol. The summed E-state index contributed by atoms with van der Waals surface area (Å²) < 4.78 is 5.60. The highest BCUT2D eigenvalue weighted by Gasteiger charge is 2.24. The number of rotatable bonds is 7. The van der Waals surface area contributed by atoms with Crippen LogP contribution in [0.1, 0.15) is 36.0 Å². The Morgan fingerprint density at radius 2 is 1.72 bits per heavy atom. The molecule has 7 heteroatoms. The lowest BCUT2D eigenvalue weighted by Gasteiger charge is -2.32. The number of amides is 2. The normalized spacial score (nSPS) is 14.5. The minimum Gasteiger partial charge on any atom is -0.492 e. The van der Waals surface area contributed by atoms with E-state index in [1.165, 1.54) is 0 Å². The molecule has 0 spiro atoms. The van der Waals surface area contributed by atoms with E-state index in [4.69, 9.17) is 27.9 Å². The maximum absolute atomic E-state index is 12.5. The van der Waals surface area contributed by atoms with Crippen molar-refractivity contribution in [3.8, 4) is 5.75 Å². The third kappa shape index (κ3) is 6.38. The zero-order chi connectivity index (χ0) is 20.6. The van der Waals surface area contributed by atoms with Gasteiger partial charge in [-0.25, -0.2) is 0 Å². The summed E-state index contributed by atoms with van der Waals surface area (Å²) in [5.41, 5.74) is 0.635. The maximum Gasteiger partial charge on any atom is 0.253 e. The van der Waals surface area contributed by atoms with Gasteiger partial charge >= 0.3 is 0 Å². The molecule has 0 bridgehead atoms. The summed E-state index contributed by atoms with van der Waals surface area (Å²) in [6.07, 6.45) is 2.52. The average Bonchev–Trinajstić information content (AvgIpc) is 2.73. The first-order valence-corrected chi connectivity index (χ1v) is 10.5. The molecule has 1 N–H and O–H groups in total. The van der Waals surface area contributed by atoms with Gasteiger partial charge in [-0.05, 0) is 55.7 Å². The number of carbonyl (C=O) groups is 2. The summed E-state index contributed by atoms with van der Waals surface area (Å²) in [6, 6.07) is 14.3. The Hall–Kier alpha value is -2.24. The van der Waals surface area contributed by atoms with E-state index in [2.05, 4.69) is 5.32 Å². The fourth-order valence-corrected chi connectivity index (χ4v) is 3.59. The summed E-state index contributed by atoms with van der Waals surface area (Å²) in [7, 11) is 0. The van der Waals surface area contributed by atoms with Crippen LogP contribution in [0.3, 0.4) is 0 Å². The SMILES string of the molecule is O=C(CCCOc1ccccc1Cl)NC1CCN(C(=O)c2ccc(Cl)cc2)CC1. The Bertz CT molecular complexity index is 834. The molecule has 1 fully saturated rings. The topological polar surface area (TPSA) is 58.6 Å². The van der Waals surface area contributed by atoms with Crippen molar-refractivity contribution in [3.05, 3.63) is 64.1 Å². The second-order valence-corrected chi connectivity index (χ2v) is 7.87. The molecule has 2 aromatic carbocycles. The minimum absolute atomic E-state index is 0.00293. The second kappa shape index (κ2) is 10.5.